The predicted molar refractivity (Wildman–Crippen MR) is 75.9 cm³/mol. The smallest absolute Gasteiger partial charge is 0.273 e. The average molecular weight is 275 g/mol. The van der Waals surface area contributed by atoms with Gasteiger partial charge in [-0.3, -0.25) is 10.1 Å². The van der Waals surface area contributed by atoms with Crippen LogP contribution in [-0.2, 0) is 13.0 Å². The third-order valence-corrected chi connectivity index (χ3v) is 3.07. The zero-order chi connectivity index (χ0) is 14.5. The summed E-state index contributed by atoms with van der Waals surface area (Å²) in [6.45, 7) is 1.13. The highest BCUT2D eigenvalue weighted by molar-refractivity contribution is 5.43. The van der Waals surface area contributed by atoms with Gasteiger partial charge in [-0.15, -0.1) is 0 Å². The molecule has 0 aliphatic rings. The van der Waals surface area contributed by atoms with E-state index in [9.17, 15) is 10.1 Å². The Morgan fingerprint density at radius 2 is 2.20 bits per heavy atom. The molecule has 0 radical (unpaired) electrons. The van der Waals surface area contributed by atoms with E-state index >= 15 is 0 Å². The van der Waals surface area contributed by atoms with Crippen molar-refractivity contribution in [3.8, 4) is 5.75 Å². The van der Waals surface area contributed by atoms with Gasteiger partial charge in [0.25, 0.3) is 5.69 Å². The molecule has 20 heavy (non-hydrogen) atoms. The summed E-state index contributed by atoms with van der Waals surface area (Å²) in [5.74, 6) is 0.488. The van der Waals surface area contributed by atoms with E-state index in [4.69, 9.17) is 10.5 Å². The van der Waals surface area contributed by atoms with E-state index in [1.165, 1.54) is 13.2 Å². The lowest BCUT2D eigenvalue weighted by molar-refractivity contribution is -0.385. The van der Waals surface area contributed by atoms with Crippen molar-refractivity contribution in [1.29, 1.82) is 0 Å². The van der Waals surface area contributed by atoms with Gasteiger partial charge in [0.05, 0.1) is 18.1 Å². The highest BCUT2D eigenvalue weighted by Crippen LogP contribution is 2.23. The first-order valence-corrected chi connectivity index (χ1v) is 6.30. The molecule has 2 N–H and O–H groups in total. The maximum absolute atomic E-state index is 10.9. The van der Waals surface area contributed by atoms with Crippen molar-refractivity contribution in [2.24, 2.45) is 5.73 Å². The number of hydrogen-bond donors (Lipinski definition) is 1. The highest BCUT2D eigenvalue weighted by Gasteiger charge is 2.11. The first-order chi connectivity index (χ1) is 9.63. The number of benzene rings is 1. The lowest BCUT2D eigenvalue weighted by Gasteiger charge is -2.10. The standard InChI is InChI=1S/C14H17N3O3/c1-20-14-8-11(7-13(9-14)17(18)19)10-16-6-2-3-12(16)4-5-15/h2-3,6-9H,4-5,10,15H2,1H3. The second-order valence-electron chi connectivity index (χ2n) is 4.46. The molecule has 0 aliphatic carbocycles. The highest BCUT2D eigenvalue weighted by atomic mass is 16.6. The molecule has 6 nitrogen and oxygen atoms in total. The number of nitro benzene ring substituents is 1. The molecule has 1 aromatic heterocycles. The molecule has 0 unspecified atom stereocenters. The number of nitrogens with two attached hydrogens (primary N) is 1. The molecule has 0 atom stereocenters. The van der Waals surface area contributed by atoms with E-state index in [1.54, 1.807) is 12.1 Å². The van der Waals surface area contributed by atoms with Crippen molar-refractivity contribution in [2.75, 3.05) is 13.7 Å². The van der Waals surface area contributed by atoms with Crippen LogP contribution in [0.2, 0.25) is 0 Å². The van der Waals surface area contributed by atoms with Gasteiger partial charge >= 0.3 is 0 Å². The Kier molecular flexibility index (Phi) is 4.37. The summed E-state index contributed by atoms with van der Waals surface area (Å²) in [4.78, 5) is 10.5. The lowest BCUT2D eigenvalue weighted by Crippen LogP contribution is -2.09. The van der Waals surface area contributed by atoms with Crippen molar-refractivity contribution in [2.45, 2.75) is 13.0 Å². The quantitative estimate of drug-likeness (QED) is 0.645. The number of methoxy groups -OCH3 is 1. The van der Waals surface area contributed by atoms with Gasteiger partial charge in [0.15, 0.2) is 0 Å². The van der Waals surface area contributed by atoms with Crippen LogP contribution in [0.1, 0.15) is 11.3 Å². The summed E-state index contributed by atoms with van der Waals surface area (Å²) in [5.41, 5.74) is 7.54. The van der Waals surface area contributed by atoms with Crippen LogP contribution in [0.25, 0.3) is 0 Å². The van der Waals surface area contributed by atoms with E-state index in [-0.39, 0.29) is 5.69 Å². The molecule has 0 bridgehead atoms. The summed E-state index contributed by atoms with van der Waals surface area (Å²) in [7, 11) is 1.50. The molecule has 0 saturated carbocycles. The number of ether oxygens (including phenoxy) is 1. The number of nitrogens with zero attached hydrogens (tertiary/aromatic N) is 2. The van der Waals surface area contributed by atoms with Crippen molar-refractivity contribution in [3.05, 3.63) is 57.9 Å². The molecule has 0 fully saturated rings. The third-order valence-electron chi connectivity index (χ3n) is 3.07. The van der Waals surface area contributed by atoms with Crippen molar-refractivity contribution in [1.82, 2.24) is 4.57 Å². The fourth-order valence-corrected chi connectivity index (χ4v) is 2.13. The van der Waals surface area contributed by atoms with Gasteiger partial charge in [0.2, 0.25) is 0 Å². The number of non-ortho nitro benzene ring substituents is 1. The minimum atomic E-state index is -0.414. The van der Waals surface area contributed by atoms with Crippen LogP contribution in [0.15, 0.2) is 36.5 Å². The Balaban J connectivity index is 2.30. The predicted octanol–water partition coefficient (Wildman–Crippen LogP) is 1.95. The Morgan fingerprint density at radius 3 is 2.85 bits per heavy atom. The molecule has 2 aromatic rings. The fraction of sp³-hybridized carbons (Fsp3) is 0.286. The molecular weight excluding hydrogens is 258 g/mol. The first kappa shape index (κ1) is 14.1. The molecule has 1 aromatic carbocycles. The molecule has 0 saturated heterocycles. The average Bonchev–Trinajstić information content (AvgIpc) is 2.86. The molecular formula is C14H17N3O3. The van der Waals surface area contributed by atoms with Crippen LogP contribution in [0.5, 0.6) is 5.75 Å². The van der Waals surface area contributed by atoms with Crippen molar-refractivity contribution >= 4 is 5.69 Å². The number of aromatic nitrogens is 1. The van der Waals surface area contributed by atoms with E-state index in [0.717, 1.165) is 17.7 Å². The van der Waals surface area contributed by atoms with Crippen LogP contribution in [-0.4, -0.2) is 23.1 Å². The normalized spacial score (nSPS) is 10.5. The number of nitro groups is 1. The van der Waals surface area contributed by atoms with Crippen molar-refractivity contribution < 1.29 is 9.66 Å². The maximum Gasteiger partial charge on any atom is 0.273 e. The molecule has 0 spiro atoms. The SMILES string of the molecule is COc1cc(Cn2cccc2CCN)cc([N+](=O)[O-])c1. The van der Waals surface area contributed by atoms with Gasteiger partial charge in [-0.25, -0.2) is 0 Å². The van der Waals surface area contributed by atoms with Gasteiger partial charge in [-0.1, -0.05) is 0 Å². The summed E-state index contributed by atoms with van der Waals surface area (Å²) < 4.78 is 7.14. The zero-order valence-electron chi connectivity index (χ0n) is 11.3. The molecule has 2 rings (SSSR count). The Bertz CT molecular complexity index is 607. The monoisotopic (exact) mass is 275 g/mol. The zero-order valence-corrected chi connectivity index (χ0v) is 11.3. The fourth-order valence-electron chi connectivity index (χ4n) is 2.13. The van der Waals surface area contributed by atoms with Crippen LogP contribution in [0, 0.1) is 10.1 Å². The Hall–Kier alpha value is -2.34. The number of hydrogen-bond acceptors (Lipinski definition) is 4. The second-order valence-corrected chi connectivity index (χ2v) is 4.46. The number of rotatable bonds is 6. The second kappa shape index (κ2) is 6.21. The van der Waals surface area contributed by atoms with Gasteiger partial charge < -0.3 is 15.0 Å². The summed E-state index contributed by atoms with van der Waals surface area (Å²) >= 11 is 0. The molecule has 0 amide bonds. The molecule has 0 aliphatic heterocycles. The van der Waals surface area contributed by atoms with E-state index in [1.807, 2.05) is 22.9 Å². The minimum absolute atomic E-state index is 0.0341. The van der Waals surface area contributed by atoms with Crippen LogP contribution >= 0.6 is 0 Å². The van der Waals surface area contributed by atoms with Gasteiger partial charge in [0.1, 0.15) is 5.75 Å². The van der Waals surface area contributed by atoms with Crippen molar-refractivity contribution in [3.63, 3.8) is 0 Å². The van der Waals surface area contributed by atoms with Gasteiger partial charge in [-0.05, 0) is 36.7 Å². The summed E-state index contributed by atoms with van der Waals surface area (Å²) in [6, 6.07) is 8.73. The van der Waals surface area contributed by atoms with E-state index in [0.29, 0.717) is 18.8 Å². The maximum atomic E-state index is 10.9. The van der Waals surface area contributed by atoms with Crippen LogP contribution in [0.4, 0.5) is 5.69 Å². The Morgan fingerprint density at radius 1 is 1.40 bits per heavy atom. The lowest BCUT2D eigenvalue weighted by atomic mass is 10.2. The first-order valence-electron chi connectivity index (χ1n) is 6.30. The van der Waals surface area contributed by atoms with Crippen LogP contribution < -0.4 is 10.5 Å². The minimum Gasteiger partial charge on any atom is -0.496 e. The largest absolute Gasteiger partial charge is 0.496 e. The van der Waals surface area contributed by atoms with E-state index in [2.05, 4.69) is 0 Å². The van der Waals surface area contributed by atoms with Gasteiger partial charge in [0, 0.05) is 24.5 Å². The van der Waals surface area contributed by atoms with E-state index < -0.39 is 4.92 Å². The topological polar surface area (TPSA) is 83.3 Å². The van der Waals surface area contributed by atoms with Crippen LogP contribution in [0.3, 0.4) is 0 Å². The Labute approximate surface area is 116 Å². The summed E-state index contributed by atoms with van der Waals surface area (Å²) in [5, 5.41) is 10.9. The molecule has 1 heterocycles. The van der Waals surface area contributed by atoms with Gasteiger partial charge in [-0.2, -0.15) is 0 Å². The summed E-state index contributed by atoms with van der Waals surface area (Å²) in [6.07, 6.45) is 2.72. The molecule has 6 heteroatoms. The third kappa shape index (κ3) is 3.16. The molecule has 106 valence electrons.